The minimum atomic E-state index is -3.73. The van der Waals surface area contributed by atoms with Gasteiger partial charge in [0.1, 0.15) is 0 Å². The van der Waals surface area contributed by atoms with E-state index >= 15 is 0 Å². The van der Waals surface area contributed by atoms with Crippen LogP contribution in [0.2, 0.25) is 0 Å². The van der Waals surface area contributed by atoms with Crippen molar-refractivity contribution in [3.05, 3.63) is 47.3 Å². The number of nitrogens with zero attached hydrogens (tertiary/aromatic N) is 1. The second-order valence-electron chi connectivity index (χ2n) is 4.87. The van der Waals surface area contributed by atoms with Gasteiger partial charge in [0.25, 0.3) is 5.91 Å². The molecule has 1 amide bonds. The Balaban J connectivity index is 2.22. The number of amides is 1. The largest absolute Gasteiger partial charge is 0.351 e. The molecule has 0 fully saturated rings. The Bertz CT molecular complexity index is 790. The summed E-state index contributed by atoms with van der Waals surface area (Å²) in [6.07, 6.45) is 0. The predicted octanol–water partition coefficient (Wildman–Crippen LogP) is 1.54. The van der Waals surface area contributed by atoms with Gasteiger partial charge in [0, 0.05) is 24.1 Å². The highest BCUT2D eigenvalue weighted by Crippen LogP contribution is 2.17. The van der Waals surface area contributed by atoms with Crippen LogP contribution in [-0.2, 0) is 17.1 Å². The maximum atomic E-state index is 12.2. The molecule has 0 aliphatic rings. The molecule has 0 aliphatic carbocycles. The Morgan fingerprint density at radius 1 is 1.19 bits per heavy atom. The highest BCUT2D eigenvalue weighted by atomic mass is 32.2. The quantitative estimate of drug-likeness (QED) is 0.900. The number of hydrogen-bond acceptors (Lipinski definition) is 3. The molecule has 0 unspecified atom stereocenters. The van der Waals surface area contributed by atoms with Gasteiger partial charge in [-0.3, -0.25) is 4.79 Å². The minimum absolute atomic E-state index is 0.00670. The number of hydrogen-bond donors (Lipinski definition) is 2. The van der Waals surface area contributed by atoms with Gasteiger partial charge in [-0.25, -0.2) is 13.6 Å². The van der Waals surface area contributed by atoms with Gasteiger partial charge < -0.3 is 9.88 Å². The maximum Gasteiger partial charge on any atom is 0.257 e. The molecule has 3 N–H and O–H groups in total. The van der Waals surface area contributed by atoms with Crippen LogP contribution in [0.25, 0.3) is 0 Å². The summed E-state index contributed by atoms with van der Waals surface area (Å²) >= 11 is 0. The second kappa shape index (κ2) is 5.34. The van der Waals surface area contributed by atoms with Crippen LogP contribution in [0.5, 0.6) is 0 Å². The molecule has 0 spiro atoms. The van der Waals surface area contributed by atoms with Crippen molar-refractivity contribution in [3.8, 4) is 0 Å². The van der Waals surface area contributed by atoms with E-state index in [1.165, 1.54) is 24.3 Å². The van der Waals surface area contributed by atoms with Gasteiger partial charge in [-0.15, -0.1) is 0 Å². The van der Waals surface area contributed by atoms with Crippen molar-refractivity contribution in [2.24, 2.45) is 12.2 Å². The zero-order valence-corrected chi connectivity index (χ0v) is 12.9. The molecule has 7 heteroatoms. The first-order chi connectivity index (χ1) is 9.70. The van der Waals surface area contributed by atoms with Crippen LogP contribution in [-0.4, -0.2) is 18.9 Å². The number of rotatable bonds is 3. The van der Waals surface area contributed by atoms with Gasteiger partial charge in [-0.1, -0.05) is 0 Å². The third-order valence-electron chi connectivity index (χ3n) is 3.46. The molecular formula is C14H17N3O3S. The number of carbonyl (C=O) groups is 1. The number of nitrogens with one attached hydrogen (secondary N) is 1. The second-order valence-corrected chi connectivity index (χ2v) is 6.43. The molecule has 1 aromatic heterocycles. The summed E-state index contributed by atoms with van der Waals surface area (Å²) < 4.78 is 24.3. The minimum Gasteiger partial charge on any atom is -0.351 e. The number of aryl methyl sites for hydroxylation is 1. The van der Waals surface area contributed by atoms with Crippen LogP contribution in [0.3, 0.4) is 0 Å². The van der Waals surface area contributed by atoms with Crippen molar-refractivity contribution >= 4 is 21.6 Å². The lowest BCUT2D eigenvalue weighted by Crippen LogP contribution is -2.14. The van der Waals surface area contributed by atoms with Gasteiger partial charge in [-0.05, 0) is 44.2 Å². The smallest absolute Gasteiger partial charge is 0.257 e. The highest BCUT2D eigenvalue weighted by molar-refractivity contribution is 7.89. The van der Waals surface area contributed by atoms with Crippen LogP contribution < -0.4 is 10.5 Å². The van der Waals surface area contributed by atoms with Crippen molar-refractivity contribution in [3.63, 3.8) is 0 Å². The van der Waals surface area contributed by atoms with E-state index in [0.29, 0.717) is 11.3 Å². The van der Waals surface area contributed by atoms with Gasteiger partial charge in [0.15, 0.2) is 0 Å². The van der Waals surface area contributed by atoms with Crippen molar-refractivity contribution < 1.29 is 13.2 Å². The number of nitrogens with two attached hydrogens (primary N) is 1. The van der Waals surface area contributed by atoms with Crippen LogP contribution in [0.15, 0.2) is 35.2 Å². The summed E-state index contributed by atoms with van der Waals surface area (Å²) in [5.41, 5.74) is 2.95. The van der Waals surface area contributed by atoms with Crippen LogP contribution in [0.1, 0.15) is 21.7 Å². The van der Waals surface area contributed by atoms with E-state index in [1.807, 2.05) is 31.5 Å². The Labute approximate surface area is 123 Å². The van der Waals surface area contributed by atoms with Crippen LogP contribution >= 0.6 is 0 Å². The van der Waals surface area contributed by atoms with Crippen molar-refractivity contribution in [1.29, 1.82) is 0 Å². The van der Waals surface area contributed by atoms with E-state index in [1.54, 1.807) is 0 Å². The van der Waals surface area contributed by atoms with Crippen LogP contribution in [0.4, 0.5) is 5.69 Å². The lowest BCUT2D eigenvalue weighted by molar-refractivity contribution is 0.102. The van der Waals surface area contributed by atoms with Crippen molar-refractivity contribution in [1.82, 2.24) is 4.57 Å². The lowest BCUT2D eigenvalue weighted by Gasteiger charge is -2.06. The fraction of sp³-hybridized carbons (Fsp3) is 0.214. The topological polar surface area (TPSA) is 94.2 Å². The fourth-order valence-electron chi connectivity index (χ4n) is 2.01. The molecule has 0 atom stereocenters. The molecule has 0 saturated carbocycles. The monoisotopic (exact) mass is 307 g/mol. The normalized spacial score (nSPS) is 11.4. The Kier molecular flexibility index (Phi) is 3.89. The summed E-state index contributed by atoms with van der Waals surface area (Å²) in [5, 5.41) is 7.75. The number of sulfonamides is 1. The number of anilines is 1. The zero-order chi connectivity index (χ0) is 15.8. The fourth-order valence-corrected chi connectivity index (χ4v) is 2.53. The molecule has 112 valence electrons. The molecular weight excluding hydrogens is 290 g/mol. The Hall–Kier alpha value is -2.12. The highest BCUT2D eigenvalue weighted by Gasteiger charge is 2.14. The average molecular weight is 307 g/mol. The van der Waals surface area contributed by atoms with Crippen molar-refractivity contribution in [2.75, 3.05) is 5.32 Å². The SMILES string of the molecule is Cc1cc(C(=O)Nc2ccc(S(N)(=O)=O)cc2)c(C)n1C. The lowest BCUT2D eigenvalue weighted by atomic mass is 10.2. The first-order valence-corrected chi connectivity index (χ1v) is 7.82. The first kappa shape index (κ1) is 15.3. The zero-order valence-electron chi connectivity index (χ0n) is 12.0. The summed E-state index contributed by atoms with van der Waals surface area (Å²) in [5.74, 6) is -0.237. The molecule has 0 saturated heterocycles. The van der Waals surface area contributed by atoms with E-state index < -0.39 is 10.0 Å². The average Bonchev–Trinajstić information content (AvgIpc) is 2.66. The predicted molar refractivity (Wildman–Crippen MR) is 80.7 cm³/mol. The van der Waals surface area contributed by atoms with Crippen molar-refractivity contribution in [2.45, 2.75) is 18.7 Å². The van der Waals surface area contributed by atoms with Gasteiger partial charge in [-0.2, -0.15) is 0 Å². The molecule has 0 aliphatic heterocycles. The van der Waals surface area contributed by atoms with E-state index in [4.69, 9.17) is 5.14 Å². The number of aromatic nitrogens is 1. The summed E-state index contributed by atoms with van der Waals surface area (Å²) in [4.78, 5) is 12.2. The third-order valence-corrected chi connectivity index (χ3v) is 4.39. The third kappa shape index (κ3) is 3.14. The Morgan fingerprint density at radius 2 is 1.76 bits per heavy atom. The molecule has 0 radical (unpaired) electrons. The molecule has 0 bridgehead atoms. The van der Waals surface area contributed by atoms with Crippen LogP contribution in [0, 0.1) is 13.8 Å². The van der Waals surface area contributed by atoms with Gasteiger partial charge in [0.05, 0.1) is 10.5 Å². The Morgan fingerprint density at radius 3 is 2.19 bits per heavy atom. The van der Waals surface area contributed by atoms with E-state index in [0.717, 1.165) is 11.4 Å². The molecule has 6 nitrogen and oxygen atoms in total. The standard InChI is InChI=1S/C14H17N3O3S/c1-9-8-13(10(2)17(9)3)14(18)16-11-4-6-12(7-5-11)21(15,19)20/h4-8H,1-3H3,(H,16,18)(H2,15,19,20). The summed E-state index contributed by atoms with van der Waals surface area (Å²) in [7, 11) is -1.83. The molecule has 21 heavy (non-hydrogen) atoms. The summed E-state index contributed by atoms with van der Waals surface area (Å²) in [6, 6.07) is 7.52. The van der Waals surface area contributed by atoms with Gasteiger partial charge in [0.2, 0.25) is 10.0 Å². The number of benzene rings is 1. The number of primary sulfonamides is 1. The summed E-state index contributed by atoms with van der Waals surface area (Å²) in [6.45, 7) is 3.79. The van der Waals surface area contributed by atoms with E-state index in [2.05, 4.69) is 5.32 Å². The maximum absolute atomic E-state index is 12.2. The van der Waals surface area contributed by atoms with E-state index in [-0.39, 0.29) is 10.8 Å². The number of carbonyl (C=O) groups excluding carboxylic acids is 1. The molecule has 1 aromatic carbocycles. The molecule has 2 aromatic rings. The van der Waals surface area contributed by atoms with Gasteiger partial charge >= 0.3 is 0 Å². The first-order valence-electron chi connectivity index (χ1n) is 6.27. The molecule has 2 rings (SSSR count). The van der Waals surface area contributed by atoms with E-state index in [9.17, 15) is 13.2 Å². The molecule has 1 heterocycles.